The summed E-state index contributed by atoms with van der Waals surface area (Å²) in [7, 11) is -1.32. The molecule has 0 aromatic rings. The van der Waals surface area contributed by atoms with Crippen molar-refractivity contribution in [1.29, 1.82) is 0 Å². The molecule has 0 aliphatic carbocycles. The molecule has 1 fully saturated rings. The highest BCUT2D eigenvalue weighted by Crippen LogP contribution is 2.36. The Morgan fingerprint density at radius 2 is 1.88 bits per heavy atom. The van der Waals surface area contributed by atoms with E-state index in [0.717, 1.165) is 0 Å². The van der Waals surface area contributed by atoms with Gasteiger partial charge in [-0.1, -0.05) is 20.8 Å². The van der Waals surface area contributed by atoms with Crippen molar-refractivity contribution in [3.8, 4) is 0 Å². The predicted octanol–water partition coefficient (Wildman–Crippen LogP) is 1.49. The van der Waals surface area contributed by atoms with Crippen LogP contribution < -0.4 is 0 Å². The molecule has 0 aromatic carbocycles. The van der Waals surface area contributed by atoms with Crippen LogP contribution in [0, 0.1) is 11.3 Å². The Bertz CT molecular complexity index is 293. The normalized spacial score (nSPS) is 27.1. The highest BCUT2D eigenvalue weighted by molar-refractivity contribution is 6.48. The third kappa shape index (κ3) is 3.15. The molecule has 0 amide bonds. The second-order valence-corrected chi connectivity index (χ2v) is 7.94. The predicted molar refractivity (Wildman–Crippen MR) is 62.4 cm³/mol. The summed E-state index contributed by atoms with van der Waals surface area (Å²) in [4.78, 5) is 22.9. The van der Waals surface area contributed by atoms with Crippen molar-refractivity contribution in [3.63, 3.8) is 0 Å². The maximum Gasteiger partial charge on any atom is 0.341 e. The number of carbonyl (C=O) groups excluding carboxylic acids is 2. The van der Waals surface area contributed by atoms with Gasteiger partial charge in [0.05, 0.1) is 6.42 Å². The zero-order chi connectivity index (χ0) is 12.5. The molecule has 0 saturated carbocycles. The fourth-order valence-corrected chi connectivity index (χ4v) is 2.75. The molecule has 0 bridgehead atoms. The van der Waals surface area contributed by atoms with Gasteiger partial charge in [0, 0.05) is 5.92 Å². The van der Waals surface area contributed by atoms with Crippen LogP contribution in [-0.2, 0) is 18.8 Å². The molecule has 1 saturated heterocycles. The first-order valence-corrected chi connectivity index (χ1v) is 8.40. The van der Waals surface area contributed by atoms with E-state index in [1.165, 1.54) is 0 Å². The monoisotopic (exact) mass is 244 g/mol. The van der Waals surface area contributed by atoms with Crippen molar-refractivity contribution in [2.75, 3.05) is 0 Å². The molecule has 4 nitrogen and oxygen atoms in total. The zero-order valence-electron chi connectivity index (χ0n) is 10.6. The van der Waals surface area contributed by atoms with E-state index in [4.69, 9.17) is 4.43 Å². The summed E-state index contributed by atoms with van der Waals surface area (Å²) >= 11 is 0. The van der Waals surface area contributed by atoms with Crippen LogP contribution in [0.5, 0.6) is 0 Å². The fraction of sp³-hybridized carbons (Fsp3) is 0.818. The van der Waals surface area contributed by atoms with Gasteiger partial charge < -0.3 is 9.16 Å². The molecular weight excluding hydrogens is 224 g/mol. The minimum Gasteiger partial charge on any atom is -0.407 e. The van der Waals surface area contributed by atoms with Crippen LogP contribution in [0.3, 0.4) is 0 Å². The van der Waals surface area contributed by atoms with E-state index in [0.29, 0.717) is 0 Å². The van der Waals surface area contributed by atoms with E-state index >= 15 is 0 Å². The number of hydrogen-bond acceptors (Lipinski definition) is 4. The quantitative estimate of drug-likeness (QED) is 0.419. The number of hydrogen-bond donors (Lipinski definition) is 0. The fourth-order valence-electron chi connectivity index (χ4n) is 1.87. The molecule has 16 heavy (non-hydrogen) atoms. The average molecular weight is 244 g/mol. The number of ether oxygens (including phenoxy) is 1. The van der Waals surface area contributed by atoms with Crippen LogP contribution in [0.1, 0.15) is 27.2 Å². The first kappa shape index (κ1) is 13.4. The molecule has 1 aliphatic rings. The minimum absolute atomic E-state index is 0.0869. The van der Waals surface area contributed by atoms with Gasteiger partial charge in [0.25, 0.3) is 0 Å². The Balaban J connectivity index is 2.89. The summed E-state index contributed by atoms with van der Waals surface area (Å²) in [5.41, 5.74) is -0.136. The number of cyclic esters (lactones) is 2. The van der Waals surface area contributed by atoms with Gasteiger partial charge in [-0.15, -0.1) is 0 Å². The Morgan fingerprint density at radius 1 is 1.31 bits per heavy atom. The van der Waals surface area contributed by atoms with Crippen molar-refractivity contribution in [1.82, 2.24) is 0 Å². The molecule has 0 N–H and O–H groups in total. The maximum atomic E-state index is 11.7. The Kier molecular flexibility index (Phi) is 3.91. The lowest BCUT2D eigenvalue weighted by Crippen LogP contribution is -2.48. The van der Waals surface area contributed by atoms with E-state index in [9.17, 15) is 9.59 Å². The zero-order valence-corrected chi connectivity index (χ0v) is 11.7. The van der Waals surface area contributed by atoms with Crippen LogP contribution >= 0.6 is 0 Å². The van der Waals surface area contributed by atoms with E-state index in [-0.39, 0.29) is 17.8 Å². The molecule has 2 atom stereocenters. The second-order valence-electron chi connectivity index (χ2n) is 5.58. The molecule has 1 rings (SSSR count). The molecule has 1 aliphatic heterocycles. The number of rotatable bonds is 2. The average Bonchev–Trinajstić information content (AvgIpc) is 2.06. The van der Waals surface area contributed by atoms with Crippen LogP contribution in [0.4, 0.5) is 0 Å². The molecule has 0 radical (unpaired) electrons. The SMILES string of the molecule is C[SiH](C)OC1C(=O)OC(=O)CC1C(C)(C)C. The van der Waals surface area contributed by atoms with E-state index in [1.807, 2.05) is 33.9 Å². The molecule has 92 valence electrons. The van der Waals surface area contributed by atoms with E-state index in [1.54, 1.807) is 0 Å². The van der Waals surface area contributed by atoms with Gasteiger partial charge in [0.2, 0.25) is 0 Å². The standard InChI is InChI=1S/C11H20O4Si/c1-11(2,3)7-6-8(12)14-10(13)9(7)15-16(4)5/h7,9,16H,6H2,1-5H3. The molecule has 5 heteroatoms. The lowest BCUT2D eigenvalue weighted by Gasteiger charge is -2.38. The molecule has 0 aromatic heterocycles. The summed E-state index contributed by atoms with van der Waals surface area (Å²) in [5, 5.41) is 0. The van der Waals surface area contributed by atoms with Crippen molar-refractivity contribution < 1.29 is 18.8 Å². The Labute approximate surface area is 98.0 Å². The molecule has 0 spiro atoms. The summed E-state index contributed by atoms with van der Waals surface area (Å²) in [5.74, 6) is -1.04. The van der Waals surface area contributed by atoms with Crippen molar-refractivity contribution in [2.24, 2.45) is 11.3 Å². The highest BCUT2D eigenvalue weighted by Gasteiger charge is 2.44. The van der Waals surface area contributed by atoms with Gasteiger partial charge >= 0.3 is 11.9 Å². The number of carbonyl (C=O) groups is 2. The summed E-state index contributed by atoms with van der Waals surface area (Å²) < 4.78 is 10.3. The Hall–Kier alpha value is -0.683. The first-order valence-electron chi connectivity index (χ1n) is 5.62. The first-order chi connectivity index (χ1) is 7.21. The van der Waals surface area contributed by atoms with Crippen molar-refractivity contribution >= 4 is 21.0 Å². The minimum atomic E-state index is -1.32. The lowest BCUT2D eigenvalue weighted by atomic mass is 9.74. The van der Waals surface area contributed by atoms with Gasteiger partial charge in [-0.05, 0) is 18.5 Å². The topological polar surface area (TPSA) is 52.6 Å². The van der Waals surface area contributed by atoms with Crippen LogP contribution in [0.2, 0.25) is 13.1 Å². The van der Waals surface area contributed by atoms with Gasteiger partial charge in [-0.3, -0.25) is 4.79 Å². The van der Waals surface area contributed by atoms with Gasteiger partial charge in [0.1, 0.15) is 6.10 Å². The lowest BCUT2D eigenvalue weighted by molar-refractivity contribution is -0.178. The maximum absolute atomic E-state index is 11.7. The summed E-state index contributed by atoms with van der Waals surface area (Å²) in [6.07, 6.45) is -0.300. The number of esters is 2. The van der Waals surface area contributed by atoms with E-state index in [2.05, 4.69) is 4.74 Å². The third-order valence-electron chi connectivity index (χ3n) is 2.73. The highest BCUT2D eigenvalue weighted by atomic mass is 28.3. The van der Waals surface area contributed by atoms with Crippen molar-refractivity contribution in [3.05, 3.63) is 0 Å². The third-order valence-corrected chi connectivity index (χ3v) is 3.57. The summed E-state index contributed by atoms with van der Waals surface area (Å²) in [6.45, 7) is 10.1. The van der Waals surface area contributed by atoms with Gasteiger partial charge in [-0.25, -0.2) is 4.79 Å². The van der Waals surface area contributed by atoms with Crippen LogP contribution in [0.25, 0.3) is 0 Å². The molecule has 2 unspecified atom stereocenters. The Morgan fingerprint density at radius 3 is 2.31 bits per heavy atom. The molecule has 1 heterocycles. The van der Waals surface area contributed by atoms with Crippen molar-refractivity contribution in [2.45, 2.75) is 46.4 Å². The van der Waals surface area contributed by atoms with Crippen LogP contribution in [-0.4, -0.2) is 27.1 Å². The van der Waals surface area contributed by atoms with E-state index < -0.39 is 27.1 Å². The van der Waals surface area contributed by atoms with Gasteiger partial charge in [-0.2, -0.15) is 0 Å². The summed E-state index contributed by atoms with van der Waals surface area (Å²) in [6, 6.07) is 0. The molecular formula is C11H20O4Si. The van der Waals surface area contributed by atoms with Gasteiger partial charge in [0.15, 0.2) is 9.04 Å². The smallest absolute Gasteiger partial charge is 0.341 e. The largest absolute Gasteiger partial charge is 0.407 e. The second kappa shape index (κ2) is 4.67. The van der Waals surface area contributed by atoms with Crippen LogP contribution in [0.15, 0.2) is 0 Å².